The van der Waals surface area contributed by atoms with Crippen molar-refractivity contribution in [1.29, 1.82) is 0 Å². The Morgan fingerprint density at radius 1 is 1.38 bits per heavy atom. The van der Waals surface area contributed by atoms with Gasteiger partial charge in [-0.3, -0.25) is 0 Å². The molecule has 0 bridgehead atoms. The van der Waals surface area contributed by atoms with Crippen molar-refractivity contribution < 1.29 is 9.90 Å². The second-order valence-corrected chi connectivity index (χ2v) is 4.77. The number of hydrogen-bond acceptors (Lipinski definition) is 2. The zero-order chi connectivity index (χ0) is 12.1. The van der Waals surface area contributed by atoms with Crippen LogP contribution >= 0.6 is 22.6 Å². The van der Waals surface area contributed by atoms with E-state index in [1.807, 2.05) is 43.0 Å². The number of likely N-dealkylation sites (N-methyl/N-ethyl adjacent to an activating group) is 1. The zero-order valence-corrected chi connectivity index (χ0v) is 11.6. The molecule has 0 amide bonds. The van der Waals surface area contributed by atoms with Crippen LogP contribution < -0.4 is 4.90 Å². The average Bonchev–Trinajstić information content (AvgIpc) is 2.26. The summed E-state index contributed by atoms with van der Waals surface area (Å²) in [7, 11) is 0. The fourth-order valence-electron chi connectivity index (χ4n) is 1.74. The minimum atomic E-state index is -0.761. The summed E-state index contributed by atoms with van der Waals surface area (Å²) in [5.74, 6) is -0.761. The molecule has 0 unspecified atom stereocenters. The normalized spacial score (nSPS) is 12.2. The van der Waals surface area contributed by atoms with Crippen molar-refractivity contribution in [1.82, 2.24) is 0 Å². The van der Waals surface area contributed by atoms with E-state index in [0.29, 0.717) is 13.0 Å². The Bertz CT molecular complexity index is 351. The third-order valence-electron chi connectivity index (χ3n) is 2.55. The summed E-state index contributed by atoms with van der Waals surface area (Å²) in [6.07, 6.45) is 0.606. The Kier molecular flexibility index (Phi) is 5.05. The number of nitrogens with zero attached hydrogens (tertiary/aromatic N) is 1. The van der Waals surface area contributed by atoms with Gasteiger partial charge in [0.1, 0.15) is 6.04 Å². The topological polar surface area (TPSA) is 40.5 Å². The van der Waals surface area contributed by atoms with Gasteiger partial charge in [0, 0.05) is 15.8 Å². The van der Waals surface area contributed by atoms with Gasteiger partial charge in [-0.15, -0.1) is 0 Å². The van der Waals surface area contributed by atoms with Crippen LogP contribution in [0.5, 0.6) is 0 Å². The molecule has 1 aromatic rings. The lowest BCUT2D eigenvalue weighted by Crippen LogP contribution is -2.40. The zero-order valence-electron chi connectivity index (χ0n) is 9.48. The molecule has 0 aromatic heterocycles. The van der Waals surface area contributed by atoms with Crippen molar-refractivity contribution in [2.75, 3.05) is 11.4 Å². The van der Waals surface area contributed by atoms with Crippen molar-refractivity contribution in [2.24, 2.45) is 0 Å². The predicted molar refractivity (Wildman–Crippen MR) is 73.9 cm³/mol. The number of anilines is 1. The number of carbonyl (C=O) groups is 1. The van der Waals surface area contributed by atoms with Crippen LogP contribution in [0.2, 0.25) is 0 Å². The second-order valence-electron chi connectivity index (χ2n) is 3.52. The lowest BCUT2D eigenvalue weighted by molar-refractivity contribution is -0.138. The number of rotatable bonds is 5. The molecule has 4 heteroatoms. The van der Waals surface area contributed by atoms with Crippen molar-refractivity contribution >= 4 is 34.2 Å². The molecule has 0 heterocycles. The Morgan fingerprint density at radius 2 is 1.94 bits per heavy atom. The first-order chi connectivity index (χ1) is 7.60. The van der Waals surface area contributed by atoms with Gasteiger partial charge >= 0.3 is 5.97 Å². The summed E-state index contributed by atoms with van der Waals surface area (Å²) >= 11 is 2.24. The lowest BCUT2D eigenvalue weighted by atomic mass is 10.1. The molecule has 0 aliphatic rings. The molecule has 0 saturated carbocycles. The van der Waals surface area contributed by atoms with Crippen LogP contribution in [0.4, 0.5) is 5.69 Å². The number of carboxylic acid groups (broad SMARTS) is 1. The van der Waals surface area contributed by atoms with Gasteiger partial charge < -0.3 is 10.0 Å². The highest BCUT2D eigenvalue weighted by atomic mass is 127. The highest BCUT2D eigenvalue weighted by Gasteiger charge is 2.22. The van der Waals surface area contributed by atoms with E-state index in [9.17, 15) is 4.79 Å². The Labute approximate surface area is 110 Å². The summed E-state index contributed by atoms with van der Waals surface area (Å²) in [4.78, 5) is 13.0. The minimum absolute atomic E-state index is 0.440. The summed E-state index contributed by atoms with van der Waals surface area (Å²) in [5, 5.41) is 9.15. The van der Waals surface area contributed by atoms with Crippen LogP contribution in [0.15, 0.2) is 24.3 Å². The fourth-order valence-corrected chi connectivity index (χ4v) is 2.10. The quantitative estimate of drug-likeness (QED) is 0.843. The van der Waals surface area contributed by atoms with Crippen molar-refractivity contribution in [2.45, 2.75) is 26.3 Å². The summed E-state index contributed by atoms with van der Waals surface area (Å²) < 4.78 is 1.15. The van der Waals surface area contributed by atoms with E-state index in [-0.39, 0.29) is 0 Å². The van der Waals surface area contributed by atoms with Gasteiger partial charge in [0.15, 0.2) is 0 Å². The van der Waals surface area contributed by atoms with Gasteiger partial charge in [-0.25, -0.2) is 4.79 Å². The first-order valence-electron chi connectivity index (χ1n) is 5.35. The first-order valence-corrected chi connectivity index (χ1v) is 6.43. The third-order valence-corrected chi connectivity index (χ3v) is 3.27. The van der Waals surface area contributed by atoms with Gasteiger partial charge in [0.2, 0.25) is 0 Å². The van der Waals surface area contributed by atoms with E-state index >= 15 is 0 Å². The largest absolute Gasteiger partial charge is 0.480 e. The van der Waals surface area contributed by atoms with Gasteiger partial charge in [-0.1, -0.05) is 6.92 Å². The molecular weight excluding hydrogens is 317 g/mol. The molecule has 3 nitrogen and oxygen atoms in total. The van der Waals surface area contributed by atoms with E-state index in [2.05, 4.69) is 22.6 Å². The molecule has 1 rings (SSSR count). The molecule has 1 N–H and O–H groups in total. The molecule has 0 spiro atoms. The van der Waals surface area contributed by atoms with Gasteiger partial charge in [-0.05, 0) is 60.2 Å². The second kappa shape index (κ2) is 6.08. The number of halogens is 1. The predicted octanol–water partition coefficient (Wildman–Crippen LogP) is 2.98. The van der Waals surface area contributed by atoms with E-state index in [1.54, 1.807) is 0 Å². The van der Waals surface area contributed by atoms with Gasteiger partial charge in [0.05, 0.1) is 0 Å². The van der Waals surface area contributed by atoms with Crippen LogP contribution in [-0.2, 0) is 4.79 Å². The lowest BCUT2D eigenvalue weighted by Gasteiger charge is -2.29. The number of carboxylic acids is 1. The maximum absolute atomic E-state index is 11.1. The van der Waals surface area contributed by atoms with Crippen LogP contribution in [0.25, 0.3) is 0 Å². The van der Waals surface area contributed by atoms with Crippen molar-refractivity contribution in [3.05, 3.63) is 27.8 Å². The third kappa shape index (κ3) is 3.10. The van der Waals surface area contributed by atoms with E-state index in [0.717, 1.165) is 9.26 Å². The molecule has 1 aromatic carbocycles. The molecule has 0 fully saturated rings. The highest BCUT2D eigenvalue weighted by Crippen LogP contribution is 2.20. The Morgan fingerprint density at radius 3 is 2.31 bits per heavy atom. The van der Waals surface area contributed by atoms with Crippen LogP contribution in [0.1, 0.15) is 20.3 Å². The van der Waals surface area contributed by atoms with E-state index in [1.165, 1.54) is 0 Å². The number of hydrogen-bond donors (Lipinski definition) is 1. The minimum Gasteiger partial charge on any atom is -0.480 e. The smallest absolute Gasteiger partial charge is 0.326 e. The average molecular weight is 333 g/mol. The number of benzene rings is 1. The fraction of sp³-hybridized carbons (Fsp3) is 0.417. The van der Waals surface area contributed by atoms with Crippen LogP contribution in [-0.4, -0.2) is 23.7 Å². The molecular formula is C12H16INO2. The summed E-state index contributed by atoms with van der Waals surface area (Å²) in [5.41, 5.74) is 0.970. The molecule has 16 heavy (non-hydrogen) atoms. The highest BCUT2D eigenvalue weighted by molar-refractivity contribution is 14.1. The summed E-state index contributed by atoms with van der Waals surface area (Å²) in [6.45, 7) is 4.57. The Hall–Kier alpha value is -0.780. The standard InChI is InChI=1S/C12H16INO2/c1-3-11(12(15)16)14(4-2)10-7-5-9(13)6-8-10/h5-8,11H,3-4H2,1-2H3,(H,15,16)/t11-/m0/s1. The Balaban J connectivity index is 2.96. The molecule has 0 saturated heterocycles. The maximum Gasteiger partial charge on any atom is 0.326 e. The number of aliphatic carboxylic acids is 1. The molecule has 88 valence electrons. The van der Waals surface area contributed by atoms with Crippen LogP contribution in [0, 0.1) is 3.57 Å². The van der Waals surface area contributed by atoms with Crippen molar-refractivity contribution in [3.63, 3.8) is 0 Å². The van der Waals surface area contributed by atoms with Crippen LogP contribution in [0.3, 0.4) is 0 Å². The maximum atomic E-state index is 11.1. The SMILES string of the molecule is CC[C@@H](C(=O)O)N(CC)c1ccc(I)cc1. The van der Waals surface area contributed by atoms with E-state index in [4.69, 9.17) is 5.11 Å². The van der Waals surface area contributed by atoms with Gasteiger partial charge in [0.25, 0.3) is 0 Å². The molecule has 0 aliphatic heterocycles. The molecule has 1 atom stereocenters. The first kappa shape index (κ1) is 13.3. The molecule has 0 radical (unpaired) electrons. The van der Waals surface area contributed by atoms with Gasteiger partial charge in [-0.2, -0.15) is 0 Å². The monoisotopic (exact) mass is 333 g/mol. The molecule has 0 aliphatic carbocycles. The van der Waals surface area contributed by atoms with E-state index < -0.39 is 12.0 Å². The summed E-state index contributed by atoms with van der Waals surface area (Å²) in [6, 6.07) is 7.48. The van der Waals surface area contributed by atoms with Crippen molar-refractivity contribution in [3.8, 4) is 0 Å².